The number of rotatable bonds is 5. The van der Waals surface area contributed by atoms with Crippen molar-refractivity contribution in [1.29, 1.82) is 0 Å². The zero-order chi connectivity index (χ0) is 18.5. The van der Waals surface area contributed by atoms with Gasteiger partial charge in [-0.15, -0.1) is 0 Å². The van der Waals surface area contributed by atoms with Crippen molar-refractivity contribution in [2.75, 3.05) is 0 Å². The number of ketones is 1. The summed E-state index contributed by atoms with van der Waals surface area (Å²) in [7, 11) is 0. The minimum Gasteiger partial charge on any atom is -0.445 e. The van der Waals surface area contributed by atoms with Gasteiger partial charge in [0.25, 0.3) is 0 Å². The monoisotopic (exact) mass is 364 g/mol. The molecule has 3 aromatic carbocycles. The highest BCUT2D eigenvalue weighted by Gasteiger charge is 2.26. The van der Waals surface area contributed by atoms with E-state index in [0.29, 0.717) is 21.7 Å². The number of halogens is 1. The quantitative estimate of drug-likeness (QED) is 0.448. The maximum Gasteiger partial charge on any atom is 0.339 e. The molecule has 3 rings (SSSR count). The third-order valence-electron chi connectivity index (χ3n) is 3.98. The van der Waals surface area contributed by atoms with E-state index in [0.717, 1.165) is 5.56 Å². The van der Waals surface area contributed by atoms with Crippen molar-refractivity contribution in [3.05, 3.63) is 106 Å². The molecule has 1 unspecified atom stereocenters. The van der Waals surface area contributed by atoms with Crippen LogP contribution in [0.25, 0.3) is 0 Å². The van der Waals surface area contributed by atoms with Crippen LogP contribution in [0.2, 0.25) is 5.02 Å². The Kier molecular flexibility index (Phi) is 5.49. The largest absolute Gasteiger partial charge is 0.445 e. The summed E-state index contributed by atoms with van der Waals surface area (Å²) in [5.41, 5.74) is 2.51. The van der Waals surface area contributed by atoms with Crippen LogP contribution >= 0.6 is 11.6 Å². The van der Waals surface area contributed by atoms with Crippen LogP contribution in [-0.2, 0) is 4.74 Å². The average Bonchev–Trinajstić information content (AvgIpc) is 2.67. The van der Waals surface area contributed by atoms with Gasteiger partial charge in [-0.1, -0.05) is 71.8 Å². The molecule has 3 nitrogen and oxygen atoms in total. The van der Waals surface area contributed by atoms with E-state index in [1.165, 1.54) is 0 Å². The second-order valence-corrected chi connectivity index (χ2v) is 6.37. The van der Waals surface area contributed by atoms with Crippen LogP contribution in [0, 0.1) is 6.92 Å². The summed E-state index contributed by atoms with van der Waals surface area (Å²) in [6.45, 7) is 1.95. The number of hydrogen-bond donors (Lipinski definition) is 0. The molecule has 0 radical (unpaired) electrons. The number of esters is 1. The van der Waals surface area contributed by atoms with Gasteiger partial charge in [-0.2, -0.15) is 0 Å². The Balaban J connectivity index is 1.91. The molecular weight excluding hydrogens is 348 g/mol. The van der Waals surface area contributed by atoms with Crippen LogP contribution in [0.4, 0.5) is 0 Å². The zero-order valence-corrected chi connectivity index (χ0v) is 14.9. The topological polar surface area (TPSA) is 43.4 Å². The van der Waals surface area contributed by atoms with Crippen LogP contribution in [0.3, 0.4) is 0 Å². The van der Waals surface area contributed by atoms with Crippen molar-refractivity contribution >= 4 is 23.4 Å². The summed E-state index contributed by atoms with van der Waals surface area (Å²) in [4.78, 5) is 25.5. The van der Waals surface area contributed by atoms with Gasteiger partial charge in [0.2, 0.25) is 5.78 Å². The molecule has 0 aliphatic heterocycles. The number of ether oxygens (including phenoxy) is 1. The summed E-state index contributed by atoms with van der Waals surface area (Å²) >= 11 is 5.85. The molecule has 0 aliphatic carbocycles. The first-order valence-electron chi connectivity index (χ1n) is 8.17. The maximum absolute atomic E-state index is 13.0. The molecule has 130 valence electrons. The normalized spacial score (nSPS) is 11.6. The van der Waals surface area contributed by atoms with Crippen LogP contribution in [0.5, 0.6) is 0 Å². The fourth-order valence-corrected chi connectivity index (χ4v) is 2.66. The summed E-state index contributed by atoms with van der Waals surface area (Å²) in [6.07, 6.45) is -1.01. The number of carbonyl (C=O) groups is 2. The van der Waals surface area contributed by atoms with Gasteiger partial charge in [-0.3, -0.25) is 4.79 Å². The molecule has 0 heterocycles. The molecular formula is C22H17ClO3. The third-order valence-corrected chi connectivity index (χ3v) is 4.23. The van der Waals surface area contributed by atoms with Gasteiger partial charge in [0.15, 0.2) is 6.10 Å². The van der Waals surface area contributed by atoms with Crippen molar-refractivity contribution in [3.63, 3.8) is 0 Å². The highest BCUT2D eigenvalue weighted by atomic mass is 35.5. The lowest BCUT2D eigenvalue weighted by Crippen LogP contribution is -2.20. The summed E-state index contributed by atoms with van der Waals surface area (Å²) in [6, 6.07) is 22.6. The van der Waals surface area contributed by atoms with E-state index in [1.54, 1.807) is 60.7 Å². The zero-order valence-electron chi connectivity index (χ0n) is 14.2. The number of aryl methyl sites for hydroxylation is 1. The van der Waals surface area contributed by atoms with Crippen LogP contribution < -0.4 is 0 Å². The SMILES string of the molecule is Cc1ccc(C(=O)C(OC(=O)c2ccc(Cl)cc2)c2ccccc2)cc1. The molecule has 3 aromatic rings. The molecule has 0 amide bonds. The van der Waals surface area contributed by atoms with E-state index in [4.69, 9.17) is 16.3 Å². The van der Waals surface area contributed by atoms with Crippen molar-refractivity contribution in [1.82, 2.24) is 0 Å². The minimum absolute atomic E-state index is 0.265. The summed E-state index contributed by atoms with van der Waals surface area (Å²) in [5, 5.41) is 0.525. The Bertz CT molecular complexity index is 900. The molecule has 0 bridgehead atoms. The molecule has 4 heteroatoms. The standard InChI is InChI=1S/C22H17ClO3/c1-15-7-9-16(10-8-15)20(24)21(17-5-3-2-4-6-17)26-22(25)18-11-13-19(23)14-12-18/h2-14,21H,1H3. The van der Waals surface area contributed by atoms with Gasteiger partial charge in [-0.25, -0.2) is 4.79 Å². The Morgan fingerprint density at radius 1 is 0.808 bits per heavy atom. The van der Waals surface area contributed by atoms with Crippen LogP contribution in [0.1, 0.15) is 37.9 Å². The number of Topliss-reactive ketones (excluding diaryl/α,β-unsaturated/α-hetero) is 1. The van der Waals surface area contributed by atoms with Gasteiger partial charge in [0.05, 0.1) is 5.56 Å². The molecule has 0 saturated heterocycles. The van der Waals surface area contributed by atoms with Crippen LogP contribution in [-0.4, -0.2) is 11.8 Å². The van der Waals surface area contributed by atoms with E-state index in [-0.39, 0.29) is 5.78 Å². The van der Waals surface area contributed by atoms with Crippen molar-refractivity contribution in [2.24, 2.45) is 0 Å². The molecule has 0 aromatic heterocycles. The minimum atomic E-state index is -1.01. The van der Waals surface area contributed by atoms with E-state index in [1.807, 2.05) is 25.1 Å². The second kappa shape index (κ2) is 7.98. The molecule has 0 aliphatic rings. The first-order valence-corrected chi connectivity index (χ1v) is 8.55. The smallest absolute Gasteiger partial charge is 0.339 e. The lowest BCUT2D eigenvalue weighted by Gasteiger charge is -2.17. The predicted molar refractivity (Wildman–Crippen MR) is 102 cm³/mol. The summed E-state index contributed by atoms with van der Waals surface area (Å²) < 4.78 is 5.58. The summed E-state index contributed by atoms with van der Waals surface area (Å²) in [5.74, 6) is -0.838. The predicted octanol–water partition coefficient (Wildman–Crippen LogP) is 5.43. The lowest BCUT2D eigenvalue weighted by molar-refractivity contribution is 0.0280. The third kappa shape index (κ3) is 4.19. The molecule has 0 spiro atoms. The van der Waals surface area contributed by atoms with Gasteiger partial charge in [-0.05, 0) is 31.2 Å². The average molecular weight is 365 g/mol. The number of hydrogen-bond acceptors (Lipinski definition) is 3. The van der Waals surface area contributed by atoms with E-state index >= 15 is 0 Å². The van der Waals surface area contributed by atoms with Gasteiger partial charge < -0.3 is 4.74 Å². The first-order chi connectivity index (χ1) is 12.5. The van der Waals surface area contributed by atoms with E-state index in [9.17, 15) is 9.59 Å². The maximum atomic E-state index is 13.0. The van der Waals surface area contributed by atoms with Crippen molar-refractivity contribution in [3.8, 4) is 0 Å². The fourth-order valence-electron chi connectivity index (χ4n) is 2.53. The highest BCUT2D eigenvalue weighted by molar-refractivity contribution is 6.30. The van der Waals surface area contributed by atoms with Crippen LogP contribution in [0.15, 0.2) is 78.9 Å². The Labute approximate surface area is 157 Å². The first kappa shape index (κ1) is 17.9. The Morgan fingerprint density at radius 3 is 2.00 bits per heavy atom. The highest BCUT2D eigenvalue weighted by Crippen LogP contribution is 2.24. The fraction of sp³-hybridized carbons (Fsp3) is 0.0909. The molecule has 0 saturated carbocycles. The van der Waals surface area contributed by atoms with E-state index < -0.39 is 12.1 Å². The van der Waals surface area contributed by atoms with Gasteiger partial charge in [0.1, 0.15) is 0 Å². The van der Waals surface area contributed by atoms with Crippen molar-refractivity contribution in [2.45, 2.75) is 13.0 Å². The molecule has 1 atom stereocenters. The molecule has 26 heavy (non-hydrogen) atoms. The molecule has 0 fully saturated rings. The molecule has 0 N–H and O–H groups in total. The Morgan fingerprint density at radius 2 is 1.38 bits per heavy atom. The Hall–Kier alpha value is -2.91. The second-order valence-electron chi connectivity index (χ2n) is 5.93. The van der Waals surface area contributed by atoms with Gasteiger partial charge in [0, 0.05) is 16.1 Å². The lowest BCUT2D eigenvalue weighted by atomic mass is 9.99. The number of benzene rings is 3. The van der Waals surface area contributed by atoms with Gasteiger partial charge >= 0.3 is 5.97 Å². The van der Waals surface area contributed by atoms with E-state index in [2.05, 4.69) is 0 Å². The number of carbonyl (C=O) groups excluding carboxylic acids is 2. The van der Waals surface area contributed by atoms with Crippen molar-refractivity contribution < 1.29 is 14.3 Å².